The maximum Gasteiger partial charge on any atom is 0.510 e. The zero-order valence-corrected chi connectivity index (χ0v) is 29.6. The summed E-state index contributed by atoms with van der Waals surface area (Å²) in [6.45, 7) is 5.39. The highest BCUT2D eigenvalue weighted by Gasteiger charge is 2.52. The molecular weight excluding hydrogens is 712 g/mol. The molecule has 280 valence electrons. The Bertz CT molecular complexity index is 1290. The Hall–Kier alpha value is -3.54. The molecule has 0 radical (unpaired) electrons. The fourth-order valence-electron chi connectivity index (χ4n) is 3.12. The summed E-state index contributed by atoms with van der Waals surface area (Å²) in [7, 11) is -10.4. The average Bonchev–Trinajstić information content (AvgIpc) is 2.96. The third-order valence-electron chi connectivity index (χ3n) is 5.03. The first-order chi connectivity index (χ1) is 22.9. The summed E-state index contributed by atoms with van der Waals surface area (Å²) in [4.78, 5) is 47.7. The Kier molecular flexibility index (Phi) is 19.1. The molecule has 1 rings (SSSR count). The maximum atomic E-state index is 14.5. The summed E-state index contributed by atoms with van der Waals surface area (Å²) in [5.74, 6) is -2.66. The van der Waals surface area contributed by atoms with Crippen molar-refractivity contribution in [1.29, 1.82) is 0 Å². The molecule has 1 aromatic carbocycles. The van der Waals surface area contributed by atoms with Gasteiger partial charge in [0.05, 0.1) is 24.9 Å². The molecule has 2 atom stereocenters. The molecule has 0 aliphatic carbocycles. The molecule has 0 aliphatic heterocycles. The quantitative estimate of drug-likeness (QED) is 0.0569. The summed E-state index contributed by atoms with van der Waals surface area (Å²) in [6.07, 6.45) is -8.02. The van der Waals surface area contributed by atoms with Crippen LogP contribution in [0.25, 0.3) is 0 Å². The Morgan fingerprint density at radius 3 is 1.29 bits per heavy atom. The molecule has 18 nitrogen and oxygen atoms in total. The van der Waals surface area contributed by atoms with E-state index in [-0.39, 0.29) is 12.2 Å². The predicted molar refractivity (Wildman–Crippen MR) is 159 cm³/mol. The number of ether oxygens (including phenoxy) is 8. The highest BCUT2D eigenvalue weighted by molar-refractivity contribution is 7.72. The van der Waals surface area contributed by atoms with E-state index in [1.807, 2.05) is 0 Å². The molecule has 0 saturated heterocycles. The minimum absolute atomic E-state index is 0.132. The summed E-state index contributed by atoms with van der Waals surface area (Å²) >= 11 is 0. The Morgan fingerprint density at radius 2 is 0.959 bits per heavy atom. The number of hydrogen-bond acceptors (Lipinski definition) is 18. The van der Waals surface area contributed by atoms with Gasteiger partial charge in [-0.05, 0) is 72.6 Å². The number of hydrogen-bond donors (Lipinski definition) is 0. The van der Waals surface area contributed by atoms with Gasteiger partial charge in [0.15, 0.2) is 17.0 Å². The van der Waals surface area contributed by atoms with Gasteiger partial charge in [0.1, 0.15) is 0 Å². The van der Waals surface area contributed by atoms with Crippen LogP contribution in [0.15, 0.2) is 18.2 Å². The normalized spacial score (nSPS) is 13.3. The predicted octanol–water partition coefficient (Wildman–Crippen LogP) is 6.97. The van der Waals surface area contributed by atoms with Crippen LogP contribution in [0.4, 0.5) is 28.0 Å². The molecule has 0 aliphatic rings. The van der Waals surface area contributed by atoms with Gasteiger partial charge in [-0.1, -0.05) is 6.07 Å². The maximum absolute atomic E-state index is 14.5. The van der Waals surface area contributed by atoms with Crippen LogP contribution in [0.2, 0.25) is 0 Å². The second-order valence-corrected chi connectivity index (χ2v) is 14.9. The standard InChI is InChI=1S/C27H40F2O18P2/c1-8-36-24(30)37-13-41-48(34,42-14-38-25(31)45-17(2)3)23(12-20-9-10-21(28)22(29)11-20)49(35,43-15-39-26(32)46-18(4)5)44-16-40-27(33)47-19(6)7/h9-11,17-19,23H,8,12-16H2,1-7H3. The smallest absolute Gasteiger partial charge is 0.435 e. The van der Waals surface area contributed by atoms with Crippen LogP contribution >= 0.6 is 15.2 Å². The molecule has 0 amide bonds. The van der Waals surface area contributed by atoms with Crippen LogP contribution in [0.3, 0.4) is 0 Å². The SMILES string of the molecule is CCOC(=O)OCOP(=O)(OCOC(=O)OC(C)C)C(Cc1ccc(F)c(F)c1)P(=O)(OCOC(=O)OC(C)C)OCOC(=O)OC(C)C. The monoisotopic (exact) mass is 752 g/mol. The van der Waals surface area contributed by atoms with Gasteiger partial charge in [-0.2, -0.15) is 0 Å². The molecule has 2 unspecified atom stereocenters. The van der Waals surface area contributed by atoms with Gasteiger partial charge in [-0.25, -0.2) is 28.0 Å². The minimum Gasteiger partial charge on any atom is -0.435 e. The lowest BCUT2D eigenvalue weighted by Gasteiger charge is -2.31. The van der Waals surface area contributed by atoms with Gasteiger partial charge in [0, 0.05) is 0 Å². The van der Waals surface area contributed by atoms with Gasteiger partial charge >= 0.3 is 39.8 Å². The largest absolute Gasteiger partial charge is 0.510 e. The Morgan fingerprint density at radius 1 is 0.592 bits per heavy atom. The van der Waals surface area contributed by atoms with E-state index in [9.17, 15) is 37.1 Å². The van der Waals surface area contributed by atoms with Gasteiger partial charge in [0.2, 0.25) is 27.2 Å². The van der Waals surface area contributed by atoms with E-state index in [1.54, 1.807) is 0 Å². The van der Waals surface area contributed by atoms with Gasteiger partial charge < -0.3 is 37.9 Å². The highest BCUT2D eigenvalue weighted by Crippen LogP contribution is 2.71. The van der Waals surface area contributed by atoms with Crippen LogP contribution in [-0.4, -0.2) is 82.1 Å². The first-order valence-electron chi connectivity index (χ1n) is 14.4. The lowest BCUT2D eigenvalue weighted by molar-refractivity contribution is -0.0321. The second-order valence-electron chi connectivity index (χ2n) is 10.0. The van der Waals surface area contributed by atoms with Gasteiger partial charge in [0.25, 0.3) is 0 Å². The second kappa shape index (κ2) is 21.5. The molecule has 0 heterocycles. The Balaban J connectivity index is 3.66. The Labute approximate surface area is 280 Å². The zero-order chi connectivity index (χ0) is 37.2. The molecule has 0 N–H and O–H groups in total. The van der Waals surface area contributed by atoms with Crippen molar-refractivity contribution in [2.75, 3.05) is 33.8 Å². The van der Waals surface area contributed by atoms with E-state index >= 15 is 0 Å². The van der Waals surface area contributed by atoms with Crippen LogP contribution in [0, 0.1) is 11.6 Å². The lowest BCUT2D eigenvalue weighted by atomic mass is 10.1. The van der Waals surface area contributed by atoms with Crippen LogP contribution < -0.4 is 0 Å². The summed E-state index contributed by atoms with van der Waals surface area (Å²) in [5.41, 5.74) is -0.213. The number of carbonyl (C=O) groups is 4. The van der Waals surface area contributed by atoms with E-state index < -0.39 is 109 Å². The molecule has 0 spiro atoms. The van der Waals surface area contributed by atoms with Gasteiger partial charge in [-0.3, -0.25) is 27.2 Å². The van der Waals surface area contributed by atoms with E-state index in [1.165, 1.54) is 48.5 Å². The summed E-state index contributed by atoms with van der Waals surface area (Å²) < 4.78 is 116. The van der Waals surface area contributed by atoms with E-state index in [4.69, 9.17) is 46.5 Å². The minimum atomic E-state index is -5.23. The molecular formula is C27H40F2O18P2. The van der Waals surface area contributed by atoms with Crippen molar-refractivity contribution in [2.24, 2.45) is 0 Å². The molecule has 0 aromatic heterocycles. The third kappa shape index (κ3) is 17.1. The van der Waals surface area contributed by atoms with Crippen molar-refractivity contribution >= 4 is 39.8 Å². The van der Waals surface area contributed by atoms with Crippen molar-refractivity contribution in [3.8, 4) is 0 Å². The number of benzene rings is 1. The van der Waals surface area contributed by atoms with Crippen molar-refractivity contribution < 1.29 is 93.1 Å². The van der Waals surface area contributed by atoms with Crippen LogP contribution in [-0.2, 0) is 71.5 Å². The first-order valence-corrected chi connectivity index (χ1v) is 17.6. The number of rotatable bonds is 20. The molecule has 0 saturated carbocycles. The fourth-order valence-corrected chi connectivity index (χ4v) is 7.81. The summed E-state index contributed by atoms with van der Waals surface area (Å²) in [6, 6.07) is 2.32. The van der Waals surface area contributed by atoms with Crippen molar-refractivity contribution in [1.82, 2.24) is 0 Å². The number of halogens is 2. The zero-order valence-electron chi connectivity index (χ0n) is 27.8. The lowest BCUT2D eigenvalue weighted by Crippen LogP contribution is -2.24. The average molecular weight is 753 g/mol. The fraction of sp³-hybridized carbons (Fsp3) is 0.630. The van der Waals surface area contributed by atoms with Crippen molar-refractivity contribution in [2.45, 2.75) is 78.6 Å². The molecule has 22 heteroatoms. The van der Waals surface area contributed by atoms with Crippen LogP contribution in [0.5, 0.6) is 0 Å². The molecule has 0 fully saturated rings. The topological polar surface area (TPSA) is 213 Å². The van der Waals surface area contributed by atoms with Crippen molar-refractivity contribution in [3.63, 3.8) is 0 Å². The van der Waals surface area contributed by atoms with E-state index in [0.717, 1.165) is 6.07 Å². The van der Waals surface area contributed by atoms with E-state index in [0.29, 0.717) is 12.1 Å². The summed E-state index contributed by atoms with van der Waals surface area (Å²) in [5, 5.41) is -2.28. The molecule has 0 bridgehead atoms. The number of carbonyl (C=O) groups excluding carboxylic acids is 4. The first kappa shape index (κ1) is 43.5. The third-order valence-corrected chi connectivity index (χ3v) is 10.4. The molecule has 49 heavy (non-hydrogen) atoms. The van der Waals surface area contributed by atoms with E-state index in [2.05, 4.69) is 9.47 Å². The van der Waals surface area contributed by atoms with Crippen LogP contribution in [0.1, 0.15) is 54.0 Å². The highest BCUT2D eigenvalue weighted by atomic mass is 31.2. The van der Waals surface area contributed by atoms with Gasteiger partial charge in [-0.15, -0.1) is 0 Å². The molecule has 1 aromatic rings. The van der Waals surface area contributed by atoms with Crippen molar-refractivity contribution in [3.05, 3.63) is 35.4 Å².